The summed E-state index contributed by atoms with van der Waals surface area (Å²) in [5, 5.41) is 0.815. The molecule has 0 unspecified atom stereocenters. The van der Waals surface area contributed by atoms with Gasteiger partial charge in [-0.1, -0.05) is 30.3 Å². The van der Waals surface area contributed by atoms with Crippen LogP contribution in [0.4, 0.5) is 0 Å². The van der Waals surface area contributed by atoms with Crippen LogP contribution in [0, 0.1) is 6.92 Å². The molecule has 25 heavy (non-hydrogen) atoms. The number of fused-ring (bicyclic) bond motifs is 1. The zero-order valence-corrected chi connectivity index (χ0v) is 15.0. The van der Waals surface area contributed by atoms with Gasteiger partial charge in [-0.2, -0.15) is 4.31 Å². The Morgan fingerprint density at radius 2 is 1.84 bits per heavy atom. The average molecular weight is 356 g/mol. The Bertz CT molecular complexity index is 972. The lowest BCUT2D eigenvalue weighted by Gasteiger charge is -2.18. The van der Waals surface area contributed by atoms with E-state index in [0.717, 1.165) is 16.7 Å². The first-order valence-electron chi connectivity index (χ1n) is 7.98. The summed E-state index contributed by atoms with van der Waals surface area (Å²) in [7, 11) is -2.09. The number of rotatable bonds is 6. The van der Waals surface area contributed by atoms with Gasteiger partial charge >= 0.3 is 0 Å². The number of aryl methyl sites for hydroxylation is 1. The lowest BCUT2D eigenvalue weighted by molar-refractivity contribution is 0.287. The van der Waals surface area contributed by atoms with E-state index in [1.54, 1.807) is 25.4 Å². The topological polar surface area (TPSA) is 59.5 Å². The van der Waals surface area contributed by atoms with Crippen LogP contribution in [-0.4, -0.2) is 37.9 Å². The number of ether oxygens (including phenoxy) is 1. The summed E-state index contributed by atoms with van der Waals surface area (Å²) in [6, 6.07) is 16.5. The molecule has 6 heteroatoms. The number of hydrogen-bond donors (Lipinski definition) is 0. The van der Waals surface area contributed by atoms with E-state index >= 15 is 0 Å². The van der Waals surface area contributed by atoms with Gasteiger partial charge in [-0.3, -0.25) is 4.98 Å². The highest BCUT2D eigenvalue weighted by Crippen LogP contribution is 2.24. The highest BCUT2D eigenvalue weighted by atomic mass is 32.2. The molecule has 0 aliphatic carbocycles. The van der Waals surface area contributed by atoms with Crippen LogP contribution >= 0.6 is 0 Å². The van der Waals surface area contributed by atoms with Gasteiger partial charge in [-0.15, -0.1) is 0 Å². The molecule has 1 aromatic heterocycles. The fourth-order valence-corrected chi connectivity index (χ4v) is 3.86. The van der Waals surface area contributed by atoms with E-state index in [0.29, 0.717) is 5.52 Å². The molecule has 0 aliphatic heterocycles. The molecule has 3 rings (SSSR count). The maximum Gasteiger partial charge on any atom is 0.245 e. The van der Waals surface area contributed by atoms with Crippen molar-refractivity contribution in [2.45, 2.75) is 11.8 Å². The summed E-state index contributed by atoms with van der Waals surface area (Å²) in [4.78, 5) is 4.54. The summed E-state index contributed by atoms with van der Waals surface area (Å²) < 4.78 is 32.7. The average Bonchev–Trinajstić information content (AvgIpc) is 2.61. The minimum absolute atomic E-state index is 0.215. The van der Waals surface area contributed by atoms with E-state index in [1.165, 1.54) is 4.31 Å². The van der Waals surface area contributed by atoms with Gasteiger partial charge in [0, 0.05) is 25.2 Å². The van der Waals surface area contributed by atoms with Gasteiger partial charge in [0.25, 0.3) is 0 Å². The van der Waals surface area contributed by atoms with Crippen molar-refractivity contribution in [2.75, 3.05) is 20.2 Å². The first kappa shape index (κ1) is 17.4. The maximum absolute atomic E-state index is 12.9. The van der Waals surface area contributed by atoms with E-state index in [-0.39, 0.29) is 18.0 Å². The van der Waals surface area contributed by atoms with Crippen LogP contribution in [-0.2, 0) is 10.0 Å². The zero-order chi connectivity index (χ0) is 17.9. The highest BCUT2D eigenvalue weighted by Gasteiger charge is 2.23. The predicted molar refractivity (Wildman–Crippen MR) is 98.2 cm³/mol. The van der Waals surface area contributed by atoms with Gasteiger partial charge in [0.2, 0.25) is 10.0 Å². The summed E-state index contributed by atoms with van der Waals surface area (Å²) in [6.07, 6.45) is 1.68. The fraction of sp³-hybridized carbons (Fsp3) is 0.211. The summed E-state index contributed by atoms with van der Waals surface area (Å²) >= 11 is 0. The molecule has 3 aromatic rings. The first-order valence-corrected chi connectivity index (χ1v) is 9.42. The van der Waals surface area contributed by atoms with Crippen LogP contribution in [0.15, 0.2) is 65.7 Å². The Kier molecular flexibility index (Phi) is 5.01. The van der Waals surface area contributed by atoms with Gasteiger partial charge in [-0.05, 0) is 36.8 Å². The Balaban J connectivity index is 1.79. The van der Waals surface area contributed by atoms with Crippen molar-refractivity contribution in [3.63, 3.8) is 0 Å². The van der Waals surface area contributed by atoms with Gasteiger partial charge in [0.1, 0.15) is 17.3 Å². The van der Waals surface area contributed by atoms with E-state index in [9.17, 15) is 8.42 Å². The minimum atomic E-state index is -3.64. The Hall–Kier alpha value is -2.44. The van der Waals surface area contributed by atoms with Crippen molar-refractivity contribution in [3.05, 3.63) is 66.4 Å². The molecule has 130 valence electrons. The quantitative estimate of drug-likeness (QED) is 0.680. The second-order valence-electron chi connectivity index (χ2n) is 5.83. The SMILES string of the molecule is Cc1cnc2c(S(=O)(=O)N(C)CCOc3ccccc3)cccc2c1. The van der Waals surface area contributed by atoms with Crippen LogP contribution in [0.2, 0.25) is 0 Å². The smallest absolute Gasteiger partial charge is 0.245 e. The zero-order valence-electron chi connectivity index (χ0n) is 14.2. The van der Waals surface area contributed by atoms with Crippen molar-refractivity contribution in [3.8, 4) is 5.75 Å². The number of likely N-dealkylation sites (N-methyl/N-ethyl adjacent to an activating group) is 1. The number of pyridine rings is 1. The van der Waals surface area contributed by atoms with E-state index in [2.05, 4.69) is 4.98 Å². The fourth-order valence-electron chi connectivity index (χ4n) is 2.55. The van der Waals surface area contributed by atoms with Crippen LogP contribution in [0.1, 0.15) is 5.56 Å². The molecule has 5 nitrogen and oxygen atoms in total. The molecule has 0 saturated heterocycles. The lowest BCUT2D eigenvalue weighted by Crippen LogP contribution is -2.31. The number of para-hydroxylation sites is 2. The third-order valence-electron chi connectivity index (χ3n) is 3.92. The molecule has 0 atom stereocenters. The lowest BCUT2D eigenvalue weighted by atomic mass is 10.2. The van der Waals surface area contributed by atoms with Crippen LogP contribution in [0.3, 0.4) is 0 Å². The molecule has 0 aliphatic rings. The van der Waals surface area contributed by atoms with Gasteiger partial charge in [0.05, 0.1) is 5.52 Å². The molecule has 0 saturated carbocycles. The van der Waals surface area contributed by atoms with E-state index in [4.69, 9.17) is 4.74 Å². The van der Waals surface area contributed by atoms with Crippen molar-refractivity contribution >= 4 is 20.9 Å². The van der Waals surface area contributed by atoms with Crippen molar-refractivity contribution in [1.82, 2.24) is 9.29 Å². The second kappa shape index (κ2) is 7.21. The normalized spacial score (nSPS) is 11.8. The van der Waals surface area contributed by atoms with Crippen LogP contribution < -0.4 is 4.74 Å². The molecule has 0 fully saturated rings. The summed E-state index contributed by atoms with van der Waals surface area (Å²) in [5.41, 5.74) is 1.48. The van der Waals surface area contributed by atoms with Crippen LogP contribution in [0.25, 0.3) is 10.9 Å². The number of aromatic nitrogens is 1. The van der Waals surface area contributed by atoms with Gasteiger partial charge < -0.3 is 4.74 Å². The predicted octanol–water partition coefficient (Wildman–Crippen LogP) is 3.24. The Labute approximate surface area is 147 Å². The monoisotopic (exact) mass is 356 g/mol. The molecule has 0 bridgehead atoms. The minimum Gasteiger partial charge on any atom is -0.492 e. The van der Waals surface area contributed by atoms with Crippen molar-refractivity contribution in [1.29, 1.82) is 0 Å². The van der Waals surface area contributed by atoms with Gasteiger partial charge in [0.15, 0.2) is 0 Å². The molecule has 0 spiro atoms. The Morgan fingerprint density at radius 3 is 2.60 bits per heavy atom. The third kappa shape index (κ3) is 3.81. The van der Waals surface area contributed by atoms with Crippen molar-refractivity contribution in [2.24, 2.45) is 0 Å². The van der Waals surface area contributed by atoms with E-state index < -0.39 is 10.0 Å². The largest absolute Gasteiger partial charge is 0.492 e. The van der Waals surface area contributed by atoms with Crippen LogP contribution in [0.5, 0.6) is 5.75 Å². The summed E-state index contributed by atoms with van der Waals surface area (Å²) in [5.74, 6) is 0.718. The third-order valence-corrected chi connectivity index (χ3v) is 5.81. The van der Waals surface area contributed by atoms with E-state index in [1.807, 2.05) is 49.4 Å². The molecule has 1 heterocycles. The van der Waals surface area contributed by atoms with Crippen molar-refractivity contribution < 1.29 is 13.2 Å². The first-order chi connectivity index (χ1) is 12.0. The molecule has 0 radical (unpaired) electrons. The Morgan fingerprint density at radius 1 is 1.08 bits per heavy atom. The molecule has 0 amide bonds. The maximum atomic E-state index is 12.9. The second-order valence-corrected chi connectivity index (χ2v) is 7.84. The molecule has 2 aromatic carbocycles. The molecular weight excluding hydrogens is 336 g/mol. The number of nitrogens with zero attached hydrogens (tertiary/aromatic N) is 2. The molecular formula is C19H20N2O3S. The summed E-state index contributed by atoms with van der Waals surface area (Å²) in [6.45, 7) is 2.46. The standard InChI is InChI=1S/C19H20N2O3S/c1-15-13-16-7-6-10-18(19(16)20-14-15)25(22,23)21(2)11-12-24-17-8-4-3-5-9-17/h3-10,13-14H,11-12H2,1-2H3. The molecule has 0 N–H and O–H groups in total. The number of sulfonamides is 1. The van der Waals surface area contributed by atoms with Gasteiger partial charge in [-0.25, -0.2) is 8.42 Å². The highest BCUT2D eigenvalue weighted by molar-refractivity contribution is 7.89. The number of benzene rings is 2. The number of hydrogen-bond acceptors (Lipinski definition) is 4.